The first-order valence-corrected chi connectivity index (χ1v) is 8.96. The van der Waals surface area contributed by atoms with E-state index in [1.54, 1.807) is 60.3 Å². The third-order valence-corrected chi connectivity index (χ3v) is 4.13. The number of hydrogen-bond donors (Lipinski definition) is 2. The van der Waals surface area contributed by atoms with E-state index in [9.17, 15) is 9.59 Å². The summed E-state index contributed by atoms with van der Waals surface area (Å²) < 4.78 is 12.2. The summed E-state index contributed by atoms with van der Waals surface area (Å²) in [6, 6.07) is 15.7. The van der Waals surface area contributed by atoms with Crippen LogP contribution in [-0.2, 0) is 4.79 Å². The molecule has 0 fully saturated rings. The lowest BCUT2D eigenvalue weighted by Crippen LogP contribution is -2.43. The molecule has 3 rings (SSSR count). The number of benzene rings is 2. The van der Waals surface area contributed by atoms with Crippen LogP contribution in [0.3, 0.4) is 0 Å². The fourth-order valence-electron chi connectivity index (χ4n) is 2.70. The van der Waals surface area contributed by atoms with Crippen molar-refractivity contribution in [1.82, 2.24) is 20.6 Å². The van der Waals surface area contributed by atoms with E-state index >= 15 is 0 Å². The summed E-state index contributed by atoms with van der Waals surface area (Å²) in [7, 11) is 1.57. The van der Waals surface area contributed by atoms with Gasteiger partial charge in [-0.15, -0.1) is 0 Å². The minimum Gasteiger partial charge on any atom is -0.497 e. The Kier molecular flexibility index (Phi) is 6.13. The fraction of sp³-hybridized carbons (Fsp3) is 0.190. The van der Waals surface area contributed by atoms with Gasteiger partial charge in [-0.2, -0.15) is 5.10 Å². The van der Waals surface area contributed by atoms with Crippen LogP contribution in [0.2, 0.25) is 0 Å². The number of methoxy groups -OCH3 is 1. The number of hydrazine groups is 1. The third kappa shape index (κ3) is 5.13. The Morgan fingerprint density at radius 2 is 1.62 bits per heavy atom. The molecule has 0 bridgehead atoms. The van der Waals surface area contributed by atoms with Crippen LogP contribution >= 0.6 is 0 Å². The van der Waals surface area contributed by atoms with Crippen molar-refractivity contribution >= 4 is 11.8 Å². The maximum Gasteiger partial charge on any atom is 0.276 e. The predicted molar refractivity (Wildman–Crippen MR) is 107 cm³/mol. The Morgan fingerprint density at radius 3 is 2.21 bits per heavy atom. The molecule has 0 radical (unpaired) electrons. The quantitative estimate of drug-likeness (QED) is 0.626. The standard InChI is InChI=1S/C21H22N4O4/c1-14-12-15(2)25(24-14)17-6-4-16(5-7-17)21(27)23-22-20(26)13-29-19-10-8-18(28-3)9-11-19/h4-12H,13H2,1-3H3,(H,22,26)(H,23,27). The second-order valence-electron chi connectivity index (χ2n) is 6.35. The second kappa shape index (κ2) is 8.92. The van der Waals surface area contributed by atoms with Gasteiger partial charge in [0.15, 0.2) is 6.61 Å². The molecule has 0 saturated carbocycles. The molecule has 0 spiro atoms. The summed E-state index contributed by atoms with van der Waals surface area (Å²) in [6.45, 7) is 3.65. The van der Waals surface area contributed by atoms with Gasteiger partial charge < -0.3 is 9.47 Å². The largest absolute Gasteiger partial charge is 0.497 e. The van der Waals surface area contributed by atoms with Gasteiger partial charge in [-0.1, -0.05) is 0 Å². The zero-order valence-corrected chi connectivity index (χ0v) is 16.4. The smallest absolute Gasteiger partial charge is 0.276 e. The average Bonchev–Trinajstić information content (AvgIpc) is 3.08. The van der Waals surface area contributed by atoms with E-state index < -0.39 is 11.8 Å². The molecule has 150 valence electrons. The number of ether oxygens (including phenoxy) is 2. The Labute approximate surface area is 168 Å². The van der Waals surface area contributed by atoms with Crippen LogP contribution in [0, 0.1) is 13.8 Å². The molecule has 0 atom stereocenters. The van der Waals surface area contributed by atoms with Crippen molar-refractivity contribution in [2.24, 2.45) is 0 Å². The number of carbonyl (C=O) groups excluding carboxylic acids is 2. The monoisotopic (exact) mass is 394 g/mol. The first-order valence-electron chi connectivity index (χ1n) is 8.96. The minimum absolute atomic E-state index is 0.233. The molecule has 3 aromatic rings. The molecule has 29 heavy (non-hydrogen) atoms. The van der Waals surface area contributed by atoms with Crippen molar-refractivity contribution in [1.29, 1.82) is 0 Å². The summed E-state index contributed by atoms with van der Waals surface area (Å²) in [5, 5.41) is 4.41. The highest BCUT2D eigenvalue weighted by Gasteiger charge is 2.10. The molecule has 0 saturated heterocycles. The van der Waals surface area contributed by atoms with Crippen LogP contribution in [0.25, 0.3) is 5.69 Å². The molecule has 2 amide bonds. The van der Waals surface area contributed by atoms with Crippen LogP contribution in [0.1, 0.15) is 21.7 Å². The molecule has 1 aromatic heterocycles. The zero-order chi connectivity index (χ0) is 20.8. The van der Waals surface area contributed by atoms with E-state index in [1.807, 2.05) is 19.9 Å². The van der Waals surface area contributed by atoms with Crippen molar-refractivity contribution in [3.05, 3.63) is 71.5 Å². The van der Waals surface area contributed by atoms with Crippen molar-refractivity contribution in [2.45, 2.75) is 13.8 Å². The van der Waals surface area contributed by atoms with Gasteiger partial charge in [0.05, 0.1) is 18.5 Å². The highest BCUT2D eigenvalue weighted by Crippen LogP contribution is 2.16. The van der Waals surface area contributed by atoms with E-state index in [-0.39, 0.29) is 6.61 Å². The first kappa shape index (κ1) is 19.9. The van der Waals surface area contributed by atoms with Crippen LogP contribution in [0.5, 0.6) is 11.5 Å². The molecule has 2 aromatic carbocycles. The fourth-order valence-corrected chi connectivity index (χ4v) is 2.70. The summed E-state index contributed by atoms with van der Waals surface area (Å²) in [6.07, 6.45) is 0. The lowest BCUT2D eigenvalue weighted by atomic mass is 10.2. The van der Waals surface area contributed by atoms with E-state index in [1.165, 1.54) is 0 Å². The van der Waals surface area contributed by atoms with Crippen molar-refractivity contribution in [2.75, 3.05) is 13.7 Å². The van der Waals surface area contributed by atoms with Crippen molar-refractivity contribution in [3.63, 3.8) is 0 Å². The van der Waals surface area contributed by atoms with Gasteiger partial charge in [-0.25, -0.2) is 4.68 Å². The second-order valence-corrected chi connectivity index (χ2v) is 6.35. The lowest BCUT2D eigenvalue weighted by molar-refractivity contribution is -0.123. The van der Waals surface area contributed by atoms with Gasteiger partial charge in [0.25, 0.3) is 11.8 Å². The highest BCUT2D eigenvalue weighted by molar-refractivity contribution is 5.95. The molecule has 0 aliphatic carbocycles. The minimum atomic E-state index is -0.478. The van der Waals surface area contributed by atoms with E-state index in [0.29, 0.717) is 17.1 Å². The number of hydrogen-bond acceptors (Lipinski definition) is 5. The Hall–Kier alpha value is -3.81. The third-order valence-electron chi connectivity index (χ3n) is 4.13. The topological polar surface area (TPSA) is 94.5 Å². The molecular weight excluding hydrogens is 372 g/mol. The number of amides is 2. The summed E-state index contributed by atoms with van der Waals surface area (Å²) >= 11 is 0. The average molecular weight is 394 g/mol. The van der Waals surface area contributed by atoms with Crippen LogP contribution < -0.4 is 20.3 Å². The Balaban J connectivity index is 1.49. The van der Waals surface area contributed by atoms with Crippen LogP contribution in [0.15, 0.2) is 54.6 Å². The van der Waals surface area contributed by atoms with Crippen LogP contribution in [-0.4, -0.2) is 35.3 Å². The maximum absolute atomic E-state index is 12.2. The predicted octanol–water partition coefficient (Wildman–Crippen LogP) is 2.34. The number of aryl methyl sites for hydroxylation is 2. The zero-order valence-electron chi connectivity index (χ0n) is 16.4. The summed E-state index contributed by atoms with van der Waals surface area (Å²) in [5.74, 6) is 0.307. The number of nitrogens with one attached hydrogen (secondary N) is 2. The van der Waals surface area contributed by atoms with Crippen molar-refractivity contribution < 1.29 is 19.1 Å². The van der Waals surface area contributed by atoms with Gasteiger partial charge in [0.2, 0.25) is 0 Å². The maximum atomic E-state index is 12.2. The van der Waals surface area contributed by atoms with E-state index in [4.69, 9.17) is 9.47 Å². The van der Waals surface area contributed by atoms with Gasteiger partial charge in [-0.3, -0.25) is 20.4 Å². The van der Waals surface area contributed by atoms with Gasteiger partial charge in [0.1, 0.15) is 11.5 Å². The molecule has 1 heterocycles. The molecule has 8 nitrogen and oxygen atoms in total. The first-order chi connectivity index (χ1) is 14.0. The van der Waals surface area contributed by atoms with Gasteiger partial charge >= 0.3 is 0 Å². The number of rotatable bonds is 6. The number of carbonyl (C=O) groups is 2. The molecule has 2 N–H and O–H groups in total. The number of aromatic nitrogens is 2. The lowest BCUT2D eigenvalue weighted by Gasteiger charge is -2.10. The van der Waals surface area contributed by atoms with E-state index in [0.717, 1.165) is 17.1 Å². The van der Waals surface area contributed by atoms with Gasteiger partial charge in [-0.05, 0) is 68.4 Å². The van der Waals surface area contributed by atoms with Crippen molar-refractivity contribution in [3.8, 4) is 17.2 Å². The van der Waals surface area contributed by atoms with E-state index in [2.05, 4.69) is 16.0 Å². The molecule has 0 unspecified atom stereocenters. The molecule has 0 aliphatic heterocycles. The SMILES string of the molecule is COc1ccc(OCC(=O)NNC(=O)c2ccc(-n3nc(C)cc3C)cc2)cc1. The van der Waals surface area contributed by atoms with Crippen LogP contribution in [0.4, 0.5) is 0 Å². The summed E-state index contributed by atoms with van der Waals surface area (Å²) in [5.41, 5.74) is 7.88. The Morgan fingerprint density at radius 1 is 0.966 bits per heavy atom. The van der Waals surface area contributed by atoms with Gasteiger partial charge in [0, 0.05) is 11.3 Å². The highest BCUT2D eigenvalue weighted by atomic mass is 16.5. The molecule has 8 heteroatoms. The Bertz CT molecular complexity index is 995. The molecule has 0 aliphatic rings. The normalized spacial score (nSPS) is 10.3. The number of nitrogens with zero attached hydrogens (tertiary/aromatic N) is 2. The molecular formula is C21H22N4O4. The summed E-state index contributed by atoms with van der Waals surface area (Å²) in [4.78, 5) is 24.1.